The molecule has 2 aromatic heterocycles. The first-order valence-electron chi connectivity index (χ1n) is 9.66. The summed E-state index contributed by atoms with van der Waals surface area (Å²) in [6, 6.07) is 4.71. The molecule has 0 aromatic carbocycles. The quantitative estimate of drug-likeness (QED) is 0.822. The summed E-state index contributed by atoms with van der Waals surface area (Å²) >= 11 is 8.04. The van der Waals surface area contributed by atoms with E-state index >= 15 is 0 Å². The first-order valence-corrected chi connectivity index (χ1v) is 10.9. The van der Waals surface area contributed by atoms with Crippen molar-refractivity contribution in [3.05, 3.63) is 49.4 Å². The Bertz CT molecular complexity index is 853. The summed E-state index contributed by atoms with van der Waals surface area (Å²) in [7, 11) is 0. The minimum absolute atomic E-state index is 0.0160. The third-order valence-corrected chi connectivity index (χ3v) is 7.84. The van der Waals surface area contributed by atoms with Crippen molar-refractivity contribution in [1.82, 2.24) is 9.88 Å². The van der Waals surface area contributed by atoms with E-state index in [4.69, 9.17) is 16.3 Å². The van der Waals surface area contributed by atoms with E-state index in [1.807, 2.05) is 6.92 Å². The largest absolute Gasteiger partial charge is 0.392 e. The van der Waals surface area contributed by atoms with Gasteiger partial charge in [-0.15, -0.1) is 11.3 Å². The van der Waals surface area contributed by atoms with Crippen LogP contribution in [0.15, 0.2) is 12.1 Å². The highest BCUT2D eigenvalue weighted by atomic mass is 35.5. The molecular weight excluding hydrogens is 380 g/mol. The zero-order valence-corrected chi connectivity index (χ0v) is 17.8. The number of thiophene rings is 1. The Hall–Kier alpha value is -0.980. The smallest absolute Gasteiger partial charge is 0.105 e. The van der Waals surface area contributed by atoms with Gasteiger partial charge in [0.15, 0.2) is 0 Å². The maximum atomic E-state index is 9.72. The van der Waals surface area contributed by atoms with Gasteiger partial charge >= 0.3 is 0 Å². The molecular formula is C21H27ClN2O2S. The molecule has 27 heavy (non-hydrogen) atoms. The fourth-order valence-electron chi connectivity index (χ4n) is 4.60. The zero-order valence-electron chi connectivity index (χ0n) is 16.2. The van der Waals surface area contributed by atoms with Gasteiger partial charge in [0.05, 0.1) is 17.6 Å². The van der Waals surface area contributed by atoms with Crippen LogP contribution in [0, 0.1) is 13.8 Å². The van der Waals surface area contributed by atoms with Crippen LogP contribution in [0.3, 0.4) is 0 Å². The Kier molecular flexibility index (Phi) is 5.34. The third kappa shape index (κ3) is 3.45. The number of aliphatic hydroxyl groups excluding tert-OH is 1. The number of aromatic nitrogens is 1. The third-order valence-electron chi connectivity index (χ3n) is 6.13. The first-order chi connectivity index (χ1) is 12.9. The van der Waals surface area contributed by atoms with E-state index in [1.54, 1.807) is 11.3 Å². The molecule has 2 atom stereocenters. The number of halogens is 1. The minimum Gasteiger partial charge on any atom is -0.392 e. The zero-order chi connectivity index (χ0) is 19.2. The number of aliphatic hydroxyl groups is 1. The van der Waals surface area contributed by atoms with Crippen LogP contribution in [0.5, 0.6) is 0 Å². The van der Waals surface area contributed by atoms with Gasteiger partial charge in [-0.3, -0.25) is 9.88 Å². The normalized spacial score (nSPS) is 25.7. The van der Waals surface area contributed by atoms with Gasteiger partial charge in [-0.2, -0.15) is 0 Å². The molecule has 2 aliphatic rings. The highest BCUT2D eigenvalue weighted by molar-refractivity contribution is 7.16. The number of pyridine rings is 1. The number of aryl methyl sites for hydroxylation is 2. The van der Waals surface area contributed by atoms with Crippen molar-refractivity contribution in [2.75, 3.05) is 13.2 Å². The maximum Gasteiger partial charge on any atom is 0.105 e. The lowest BCUT2D eigenvalue weighted by molar-refractivity contribution is -0.110. The lowest BCUT2D eigenvalue weighted by Gasteiger charge is -2.47. The number of hydrogen-bond donors (Lipinski definition) is 1. The van der Waals surface area contributed by atoms with Crippen LogP contribution in [0.1, 0.15) is 52.7 Å². The summed E-state index contributed by atoms with van der Waals surface area (Å²) in [5.74, 6) is 0. The Balaban J connectivity index is 1.56. The molecule has 2 aliphatic heterocycles. The molecule has 0 bridgehead atoms. The van der Waals surface area contributed by atoms with E-state index in [0.29, 0.717) is 12.6 Å². The molecule has 2 aromatic rings. The number of ether oxygens (including phenoxy) is 1. The molecule has 1 spiro atoms. The Morgan fingerprint density at radius 3 is 2.93 bits per heavy atom. The van der Waals surface area contributed by atoms with Crippen LogP contribution in [0.25, 0.3) is 0 Å². The molecule has 4 heterocycles. The first kappa shape index (κ1) is 19.3. The molecule has 0 saturated carbocycles. The van der Waals surface area contributed by atoms with Crippen LogP contribution < -0.4 is 0 Å². The van der Waals surface area contributed by atoms with Crippen molar-refractivity contribution in [2.24, 2.45) is 0 Å². The molecule has 6 heteroatoms. The fourth-order valence-corrected chi connectivity index (χ4v) is 6.27. The Morgan fingerprint density at radius 1 is 1.41 bits per heavy atom. The summed E-state index contributed by atoms with van der Waals surface area (Å²) in [6.45, 7) is 9.06. The second-order valence-electron chi connectivity index (χ2n) is 7.88. The summed E-state index contributed by atoms with van der Waals surface area (Å²) in [5.41, 5.74) is 5.39. The average molecular weight is 407 g/mol. The highest BCUT2D eigenvalue weighted by Gasteiger charge is 2.45. The van der Waals surface area contributed by atoms with E-state index in [0.717, 1.165) is 53.6 Å². The number of hydrogen-bond acceptors (Lipinski definition) is 5. The molecule has 1 saturated heterocycles. The Morgan fingerprint density at radius 2 is 2.22 bits per heavy atom. The molecule has 0 aliphatic carbocycles. The number of rotatable bonds is 3. The van der Waals surface area contributed by atoms with Gasteiger partial charge in [-0.25, -0.2) is 0 Å². The second-order valence-corrected chi connectivity index (χ2v) is 9.51. The van der Waals surface area contributed by atoms with Gasteiger partial charge < -0.3 is 9.84 Å². The summed E-state index contributed by atoms with van der Waals surface area (Å²) in [4.78, 5) is 8.40. The van der Waals surface area contributed by atoms with Gasteiger partial charge in [-0.05, 0) is 57.2 Å². The van der Waals surface area contributed by atoms with Gasteiger partial charge in [0, 0.05) is 41.0 Å². The standard InChI is InChI=1S/C21H27ClN2O2S/c1-13-4-5-16(15(3)23-13)11-24-8-7-21(10-14(24)2)19-17(6-9-26-21)18(12-25)20(22)27-19/h4-5,14,25H,6-12H2,1-3H3/t14-,21+/m0/s1. The second kappa shape index (κ2) is 7.45. The van der Waals surface area contributed by atoms with Gasteiger partial charge in [-0.1, -0.05) is 17.7 Å². The lowest BCUT2D eigenvalue weighted by atomic mass is 9.81. The Labute approximate surface area is 170 Å². The van der Waals surface area contributed by atoms with E-state index in [2.05, 4.69) is 35.9 Å². The van der Waals surface area contributed by atoms with Crippen molar-refractivity contribution < 1.29 is 9.84 Å². The van der Waals surface area contributed by atoms with Crippen LogP contribution >= 0.6 is 22.9 Å². The predicted octanol–water partition coefficient (Wildman–Crippen LogP) is 4.36. The van der Waals surface area contributed by atoms with E-state index < -0.39 is 0 Å². The topological polar surface area (TPSA) is 45.6 Å². The van der Waals surface area contributed by atoms with E-state index in [-0.39, 0.29) is 12.2 Å². The van der Waals surface area contributed by atoms with Gasteiger partial charge in [0.25, 0.3) is 0 Å². The van der Waals surface area contributed by atoms with Crippen molar-refractivity contribution in [2.45, 2.75) is 64.8 Å². The monoisotopic (exact) mass is 406 g/mol. The number of nitrogens with zero attached hydrogens (tertiary/aromatic N) is 2. The summed E-state index contributed by atoms with van der Waals surface area (Å²) in [6.07, 6.45) is 2.77. The van der Waals surface area contributed by atoms with E-state index in [9.17, 15) is 5.11 Å². The van der Waals surface area contributed by atoms with Crippen molar-refractivity contribution >= 4 is 22.9 Å². The molecule has 0 amide bonds. The van der Waals surface area contributed by atoms with Crippen LogP contribution in [0.2, 0.25) is 4.34 Å². The van der Waals surface area contributed by atoms with Crippen LogP contribution in [-0.4, -0.2) is 34.2 Å². The molecule has 1 fully saturated rings. The summed E-state index contributed by atoms with van der Waals surface area (Å²) in [5, 5.41) is 9.72. The summed E-state index contributed by atoms with van der Waals surface area (Å²) < 4.78 is 7.11. The van der Waals surface area contributed by atoms with Gasteiger partial charge in [0.2, 0.25) is 0 Å². The number of likely N-dealkylation sites (tertiary alicyclic amines) is 1. The van der Waals surface area contributed by atoms with Crippen molar-refractivity contribution in [3.8, 4) is 0 Å². The van der Waals surface area contributed by atoms with Crippen LogP contribution in [-0.2, 0) is 29.9 Å². The van der Waals surface area contributed by atoms with Crippen molar-refractivity contribution in [1.29, 1.82) is 0 Å². The highest BCUT2D eigenvalue weighted by Crippen LogP contribution is 2.49. The lowest BCUT2D eigenvalue weighted by Crippen LogP contribution is -2.50. The van der Waals surface area contributed by atoms with E-state index in [1.165, 1.54) is 16.0 Å². The maximum absolute atomic E-state index is 9.72. The molecule has 0 radical (unpaired) electrons. The molecule has 146 valence electrons. The SMILES string of the molecule is Cc1ccc(CN2CC[C@]3(C[C@@H]2C)OCCc2c3sc(Cl)c2CO)c(C)n1. The fraction of sp³-hybridized carbons (Fsp3) is 0.571. The molecule has 4 rings (SSSR count). The molecule has 4 nitrogen and oxygen atoms in total. The minimum atomic E-state index is -0.244. The average Bonchev–Trinajstić information content (AvgIpc) is 2.96. The number of fused-ring (bicyclic) bond motifs is 2. The molecule has 0 unspecified atom stereocenters. The van der Waals surface area contributed by atoms with Gasteiger partial charge in [0.1, 0.15) is 5.60 Å². The van der Waals surface area contributed by atoms with Crippen LogP contribution in [0.4, 0.5) is 0 Å². The number of piperidine rings is 1. The van der Waals surface area contributed by atoms with Crippen molar-refractivity contribution in [3.63, 3.8) is 0 Å². The molecule has 1 N–H and O–H groups in total. The predicted molar refractivity (Wildman–Crippen MR) is 109 cm³/mol.